The van der Waals surface area contributed by atoms with E-state index in [-0.39, 0.29) is 43.3 Å². The molecule has 0 unspecified atom stereocenters. The summed E-state index contributed by atoms with van der Waals surface area (Å²) in [6.07, 6.45) is 0.725. The second-order valence-corrected chi connectivity index (χ2v) is 6.69. The lowest BCUT2D eigenvalue weighted by atomic mass is 10.1. The number of urea groups is 1. The molecule has 8 heteroatoms. The molecule has 0 spiro atoms. The Morgan fingerprint density at radius 3 is 2.31 bits per heavy atom. The maximum atomic E-state index is 13.0. The minimum Gasteiger partial charge on any atom is -0.334 e. The molecule has 7 nitrogen and oxygen atoms in total. The van der Waals surface area contributed by atoms with Crippen molar-refractivity contribution in [2.45, 2.75) is 19.5 Å². The van der Waals surface area contributed by atoms with Crippen LogP contribution in [0, 0.1) is 0 Å². The number of imide groups is 1. The lowest BCUT2D eigenvalue weighted by Gasteiger charge is -2.23. The van der Waals surface area contributed by atoms with Crippen molar-refractivity contribution in [3.05, 3.63) is 71.3 Å². The average Bonchev–Trinajstić information content (AvgIpc) is 3.04. The van der Waals surface area contributed by atoms with Gasteiger partial charge in [-0.3, -0.25) is 14.5 Å². The van der Waals surface area contributed by atoms with E-state index in [0.717, 1.165) is 17.5 Å². The van der Waals surface area contributed by atoms with Gasteiger partial charge >= 0.3 is 6.03 Å². The zero-order valence-corrected chi connectivity index (χ0v) is 16.9. The molecule has 1 heterocycles. The van der Waals surface area contributed by atoms with E-state index in [4.69, 9.17) is 5.73 Å². The highest BCUT2D eigenvalue weighted by Gasteiger charge is 2.28. The molecule has 0 atom stereocenters. The van der Waals surface area contributed by atoms with E-state index in [2.05, 4.69) is 5.32 Å². The SMILES string of the molecule is Cl.NCCCN(Cc1ccccc1)C(=O)c1ccc(CN2C(=O)CNC2=O)cc1. The summed E-state index contributed by atoms with van der Waals surface area (Å²) in [7, 11) is 0. The van der Waals surface area contributed by atoms with E-state index in [1.54, 1.807) is 29.2 Å². The fourth-order valence-corrected chi connectivity index (χ4v) is 3.07. The number of carbonyl (C=O) groups excluding carboxylic acids is 3. The molecule has 0 saturated carbocycles. The number of nitrogens with zero attached hydrogens (tertiary/aromatic N) is 2. The number of halogens is 1. The molecular formula is C21H25ClN4O3. The lowest BCUT2D eigenvalue weighted by Crippen LogP contribution is -2.32. The summed E-state index contributed by atoms with van der Waals surface area (Å²) in [5.41, 5.74) is 8.04. The summed E-state index contributed by atoms with van der Waals surface area (Å²) in [5.74, 6) is -0.320. The Labute approximate surface area is 176 Å². The molecule has 1 aliphatic rings. The van der Waals surface area contributed by atoms with Gasteiger partial charge in [0.2, 0.25) is 5.91 Å². The molecule has 29 heavy (non-hydrogen) atoms. The zero-order chi connectivity index (χ0) is 19.9. The Kier molecular flexibility index (Phi) is 8.18. The third-order valence-electron chi connectivity index (χ3n) is 4.61. The van der Waals surface area contributed by atoms with E-state index in [1.807, 2.05) is 30.3 Å². The van der Waals surface area contributed by atoms with Gasteiger partial charge in [0, 0.05) is 18.7 Å². The third kappa shape index (κ3) is 5.79. The Bertz CT molecular complexity index is 827. The second-order valence-electron chi connectivity index (χ2n) is 6.69. The monoisotopic (exact) mass is 416 g/mol. The second kappa shape index (κ2) is 10.6. The van der Waals surface area contributed by atoms with Crippen molar-refractivity contribution < 1.29 is 14.4 Å². The van der Waals surface area contributed by atoms with Crippen LogP contribution in [0.3, 0.4) is 0 Å². The van der Waals surface area contributed by atoms with Crippen molar-refractivity contribution in [1.29, 1.82) is 0 Å². The Morgan fingerprint density at radius 2 is 1.72 bits per heavy atom. The first kappa shape index (κ1) is 22.4. The van der Waals surface area contributed by atoms with E-state index >= 15 is 0 Å². The number of nitrogens with two attached hydrogens (primary N) is 1. The summed E-state index contributed by atoms with van der Waals surface area (Å²) in [6, 6.07) is 16.4. The van der Waals surface area contributed by atoms with Crippen LogP contribution in [0.4, 0.5) is 4.79 Å². The number of rotatable bonds is 8. The van der Waals surface area contributed by atoms with Gasteiger partial charge in [-0.1, -0.05) is 42.5 Å². The van der Waals surface area contributed by atoms with Crippen LogP contribution in [0.25, 0.3) is 0 Å². The zero-order valence-electron chi connectivity index (χ0n) is 16.0. The van der Waals surface area contributed by atoms with Crippen molar-refractivity contribution in [3.63, 3.8) is 0 Å². The van der Waals surface area contributed by atoms with Crippen molar-refractivity contribution in [2.75, 3.05) is 19.6 Å². The van der Waals surface area contributed by atoms with Crippen LogP contribution in [-0.2, 0) is 17.9 Å². The fraction of sp³-hybridized carbons (Fsp3) is 0.286. The van der Waals surface area contributed by atoms with Crippen molar-refractivity contribution in [1.82, 2.24) is 15.1 Å². The highest BCUT2D eigenvalue weighted by Crippen LogP contribution is 2.14. The molecule has 1 fully saturated rings. The Hall–Kier alpha value is -2.90. The van der Waals surface area contributed by atoms with Crippen LogP contribution in [-0.4, -0.2) is 47.3 Å². The van der Waals surface area contributed by atoms with Gasteiger partial charge in [0.05, 0.1) is 13.1 Å². The van der Waals surface area contributed by atoms with Gasteiger partial charge in [0.15, 0.2) is 0 Å². The number of carbonyl (C=O) groups is 3. The van der Waals surface area contributed by atoms with Gasteiger partial charge in [-0.2, -0.15) is 0 Å². The standard InChI is InChI=1S/C21H24N4O3.ClH/c22-11-4-12-24(14-16-5-2-1-3-6-16)20(27)18-9-7-17(8-10-18)15-25-19(26)13-23-21(25)28;/h1-3,5-10H,4,11-15,22H2,(H,23,28);1H. The first-order chi connectivity index (χ1) is 13.6. The largest absolute Gasteiger partial charge is 0.334 e. The van der Waals surface area contributed by atoms with Gasteiger partial charge in [-0.15, -0.1) is 12.4 Å². The molecule has 0 radical (unpaired) electrons. The molecule has 4 amide bonds. The summed E-state index contributed by atoms with van der Waals surface area (Å²) in [5, 5.41) is 2.49. The smallest absolute Gasteiger partial charge is 0.324 e. The Morgan fingerprint density at radius 1 is 1.03 bits per heavy atom. The van der Waals surface area contributed by atoms with E-state index < -0.39 is 0 Å². The van der Waals surface area contributed by atoms with E-state index in [1.165, 1.54) is 4.90 Å². The predicted molar refractivity (Wildman–Crippen MR) is 112 cm³/mol. The molecule has 1 saturated heterocycles. The minimum atomic E-state index is -0.388. The molecular weight excluding hydrogens is 392 g/mol. The molecule has 3 N–H and O–H groups in total. The van der Waals surface area contributed by atoms with Crippen molar-refractivity contribution >= 4 is 30.3 Å². The van der Waals surface area contributed by atoms with Crippen LogP contribution in [0.1, 0.15) is 27.9 Å². The molecule has 1 aliphatic heterocycles. The Balaban J connectivity index is 0.00000300. The minimum absolute atomic E-state index is 0. The summed E-state index contributed by atoms with van der Waals surface area (Å²) >= 11 is 0. The molecule has 0 bridgehead atoms. The van der Waals surface area contributed by atoms with Gasteiger partial charge in [0.1, 0.15) is 0 Å². The summed E-state index contributed by atoms with van der Waals surface area (Å²) in [6.45, 7) is 1.84. The average molecular weight is 417 g/mol. The van der Waals surface area contributed by atoms with Gasteiger partial charge in [-0.05, 0) is 36.2 Å². The number of amides is 4. The quantitative estimate of drug-likeness (QED) is 0.644. The topological polar surface area (TPSA) is 95.7 Å². The van der Waals surface area contributed by atoms with E-state index in [0.29, 0.717) is 25.2 Å². The maximum absolute atomic E-state index is 13.0. The lowest BCUT2D eigenvalue weighted by molar-refractivity contribution is -0.125. The number of nitrogens with one attached hydrogen (secondary N) is 1. The molecule has 2 aromatic rings. The highest BCUT2D eigenvalue weighted by molar-refractivity contribution is 6.01. The van der Waals surface area contributed by atoms with Crippen LogP contribution in [0.5, 0.6) is 0 Å². The van der Waals surface area contributed by atoms with Gasteiger partial charge < -0.3 is 16.0 Å². The van der Waals surface area contributed by atoms with Crippen LogP contribution in [0.2, 0.25) is 0 Å². The molecule has 3 rings (SSSR count). The highest BCUT2D eigenvalue weighted by atomic mass is 35.5. The number of hydrogen-bond donors (Lipinski definition) is 2. The number of benzene rings is 2. The van der Waals surface area contributed by atoms with Crippen LogP contribution < -0.4 is 11.1 Å². The third-order valence-corrected chi connectivity index (χ3v) is 4.61. The molecule has 2 aromatic carbocycles. The van der Waals surface area contributed by atoms with Crippen LogP contribution in [0.15, 0.2) is 54.6 Å². The first-order valence-corrected chi connectivity index (χ1v) is 9.29. The van der Waals surface area contributed by atoms with Crippen molar-refractivity contribution in [3.8, 4) is 0 Å². The van der Waals surface area contributed by atoms with E-state index in [9.17, 15) is 14.4 Å². The summed E-state index contributed by atoms with van der Waals surface area (Å²) in [4.78, 5) is 39.3. The predicted octanol–water partition coefficient (Wildman–Crippen LogP) is 2.15. The fourth-order valence-electron chi connectivity index (χ4n) is 3.07. The van der Waals surface area contributed by atoms with Gasteiger partial charge in [0.25, 0.3) is 5.91 Å². The first-order valence-electron chi connectivity index (χ1n) is 9.29. The normalized spacial score (nSPS) is 13.1. The number of hydrogen-bond acceptors (Lipinski definition) is 4. The summed E-state index contributed by atoms with van der Waals surface area (Å²) < 4.78 is 0. The van der Waals surface area contributed by atoms with Crippen molar-refractivity contribution in [2.24, 2.45) is 5.73 Å². The molecule has 0 aliphatic carbocycles. The van der Waals surface area contributed by atoms with Crippen LogP contribution >= 0.6 is 12.4 Å². The molecule has 0 aromatic heterocycles. The molecule has 154 valence electrons. The maximum Gasteiger partial charge on any atom is 0.324 e. The van der Waals surface area contributed by atoms with Gasteiger partial charge in [-0.25, -0.2) is 4.79 Å².